The molecule has 0 saturated carbocycles. The quantitative estimate of drug-likeness (QED) is 0.144. The number of thioether (sulfide) groups is 1. The highest BCUT2D eigenvalue weighted by atomic mass is 32.2. The topological polar surface area (TPSA) is 138 Å². The van der Waals surface area contributed by atoms with Crippen LogP contribution in [0.2, 0.25) is 0 Å². The van der Waals surface area contributed by atoms with Crippen molar-refractivity contribution in [1.82, 2.24) is 30.5 Å². The molecular weight excluding hydrogens is 576 g/mol. The molecule has 10 nitrogen and oxygen atoms in total. The normalized spacial score (nSPS) is 20.5. The molecule has 4 N–H and O–H groups in total. The number of rotatable bonds is 11. The summed E-state index contributed by atoms with van der Waals surface area (Å²) in [6.45, 7) is 0.327. The van der Waals surface area contributed by atoms with Crippen molar-refractivity contribution in [3.05, 3.63) is 84.7 Å². The Morgan fingerprint density at radius 2 is 1.75 bits per heavy atom. The van der Waals surface area contributed by atoms with Crippen molar-refractivity contribution in [3.8, 4) is 33.9 Å². The number of benzene rings is 2. The van der Waals surface area contributed by atoms with Crippen molar-refractivity contribution in [2.24, 2.45) is 7.05 Å². The number of unbranched alkanes of at least 4 members (excludes halogenated alkanes) is 1. The van der Waals surface area contributed by atoms with Crippen LogP contribution in [0.4, 0.5) is 4.79 Å². The number of amides is 3. The van der Waals surface area contributed by atoms with Crippen LogP contribution in [0.25, 0.3) is 33.9 Å². The molecule has 0 aliphatic carbocycles. The van der Waals surface area contributed by atoms with Crippen LogP contribution < -0.4 is 16.0 Å². The van der Waals surface area contributed by atoms with E-state index in [1.54, 1.807) is 12.4 Å². The number of aliphatic carboxylic acids is 1. The fraction of sp³-hybridized carbons (Fsp3) is 0.303. The Bertz CT molecular complexity index is 1660. The van der Waals surface area contributed by atoms with Crippen LogP contribution >= 0.6 is 11.8 Å². The maximum atomic E-state index is 13.7. The maximum Gasteiger partial charge on any atom is 0.315 e. The van der Waals surface area contributed by atoms with E-state index in [1.807, 2.05) is 61.6 Å². The van der Waals surface area contributed by atoms with Crippen LogP contribution in [0, 0.1) is 0 Å². The van der Waals surface area contributed by atoms with Crippen LogP contribution in [0.1, 0.15) is 31.2 Å². The number of hydrogen-bond donors (Lipinski definition) is 4. The van der Waals surface area contributed by atoms with Gasteiger partial charge in [-0.3, -0.25) is 14.6 Å². The third-order valence-electron chi connectivity index (χ3n) is 8.36. The summed E-state index contributed by atoms with van der Waals surface area (Å²) >= 11 is 1.54. The van der Waals surface area contributed by atoms with Gasteiger partial charge in [-0.25, -0.2) is 9.78 Å². The van der Waals surface area contributed by atoms with E-state index in [9.17, 15) is 14.4 Å². The lowest BCUT2D eigenvalue weighted by Crippen LogP contribution is -2.56. The molecule has 0 radical (unpaired) electrons. The van der Waals surface area contributed by atoms with Gasteiger partial charge >= 0.3 is 12.0 Å². The van der Waals surface area contributed by atoms with Gasteiger partial charge in [0.15, 0.2) is 0 Å². The molecule has 4 aromatic rings. The number of nitrogens with one attached hydrogen (secondary N) is 3. The smallest absolute Gasteiger partial charge is 0.315 e. The number of fused-ring (bicyclic) bond motifs is 1. The zero-order chi connectivity index (χ0) is 30.7. The lowest BCUT2D eigenvalue weighted by atomic mass is 9.88. The van der Waals surface area contributed by atoms with Crippen molar-refractivity contribution in [3.63, 3.8) is 0 Å². The minimum Gasteiger partial charge on any atom is -0.481 e. The molecule has 0 unspecified atom stereocenters. The minimum atomic E-state index is -0.855. The molecule has 2 aliphatic heterocycles. The summed E-state index contributed by atoms with van der Waals surface area (Å²) in [7, 11) is 2.01. The molecule has 2 fully saturated rings. The highest BCUT2D eigenvalue weighted by Crippen LogP contribution is 2.44. The number of imidazole rings is 1. The third-order valence-corrected chi connectivity index (χ3v) is 10.0. The molecule has 4 heterocycles. The highest BCUT2D eigenvalue weighted by Gasteiger charge is 2.57. The Kier molecular flexibility index (Phi) is 8.38. The van der Waals surface area contributed by atoms with Gasteiger partial charge < -0.3 is 25.6 Å². The largest absolute Gasteiger partial charge is 0.481 e. The van der Waals surface area contributed by atoms with Gasteiger partial charge in [-0.2, -0.15) is 0 Å². The van der Waals surface area contributed by atoms with E-state index in [2.05, 4.69) is 37.6 Å². The number of carboxylic acids is 1. The van der Waals surface area contributed by atoms with Crippen LogP contribution in [-0.4, -0.2) is 60.1 Å². The molecule has 2 aromatic heterocycles. The monoisotopic (exact) mass is 610 g/mol. The van der Waals surface area contributed by atoms with Crippen LogP contribution in [0.15, 0.2) is 79.1 Å². The van der Waals surface area contributed by atoms with E-state index in [4.69, 9.17) is 10.1 Å². The average molecular weight is 611 g/mol. The summed E-state index contributed by atoms with van der Waals surface area (Å²) in [6, 6.07) is 21.3. The first-order valence-electron chi connectivity index (χ1n) is 14.7. The molecule has 2 aromatic carbocycles. The van der Waals surface area contributed by atoms with E-state index in [1.165, 1.54) is 11.8 Å². The molecule has 11 heteroatoms. The first-order valence-corrected chi connectivity index (χ1v) is 15.7. The third kappa shape index (κ3) is 5.79. The molecule has 226 valence electrons. The van der Waals surface area contributed by atoms with Gasteiger partial charge in [0.05, 0.1) is 23.5 Å². The molecular formula is C33H34N6O4S. The number of aromatic nitrogens is 3. The van der Waals surface area contributed by atoms with Crippen molar-refractivity contribution in [1.29, 1.82) is 0 Å². The van der Waals surface area contributed by atoms with E-state index in [-0.39, 0.29) is 30.4 Å². The number of pyridine rings is 1. The predicted octanol–water partition coefficient (Wildman–Crippen LogP) is 4.61. The lowest BCUT2D eigenvalue weighted by Gasteiger charge is -2.32. The first kappa shape index (κ1) is 29.4. The molecule has 0 bridgehead atoms. The average Bonchev–Trinajstić information content (AvgIpc) is 3.70. The number of carbonyl (C=O) groups excluding carboxylic acids is 2. The summed E-state index contributed by atoms with van der Waals surface area (Å²) in [5, 5.41) is 18.0. The van der Waals surface area contributed by atoms with Gasteiger partial charge in [0, 0.05) is 54.9 Å². The van der Waals surface area contributed by atoms with Crippen LogP contribution in [-0.2, 0) is 23.2 Å². The maximum absolute atomic E-state index is 13.7. The molecule has 6 rings (SSSR count). The van der Waals surface area contributed by atoms with Crippen LogP contribution in [0.5, 0.6) is 0 Å². The van der Waals surface area contributed by atoms with Gasteiger partial charge in [-0.1, -0.05) is 61.0 Å². The van der Waals surface area contributed by atoms with Crippen molar-refractivity contribution in [2.45, 2.75) is 49.1 Å². The van der Waals surface area contributed by atoms with Crippen molar-refractivity contribution < 1.29 is 19.5 Å². The zero-order valence-corrected chi connectivity index (χ0v) is 25.1. The Morgan fingerprint density at radius 1 is 1.00 bits per heavy atom. The number of carbonyl (C=O) groups is 3. The number of carboxylic acid groups (broad SMARTS) is 1. The standard InChI is InChI=1S/C33H34N6O4S/c1-39-28(23-14-17-34-18-15-23)27(22-7-3-2-4-8-22)37-30(39)24-12-10-21(11-13-24)19-35-31(42)33(16-6-5-9-26(40)41)29-25(20-44-33)36-32(43)38-29/h2-4,7-8,10-15,17-18,25,29H,5-6,9,16,19-20H2,1H3,(H,35,42)(H,40,41)(H2,36,38,43)/t25-,29-,33-/m0/s1. The minimum absolute atomic E-state index is 0.0559. The molecule has 3 amide bonds. The van der Waals surface area contributed by atoms with Gasteiger partial charge in [0.25, 0.3) is 0 Å². The highest BCUT2D eigenvalue weighted by molar-refractivity contribution is 8.01. The summed E-state index contributed by atoms with van der Waals surface area (Å²) in [4.78, 5) is 46.0. The van der Waals surface area contributed by atoms with E-state index in [0.717, 1.165) is 39.5 Å². The summed E-state index contributed by atoms with van der Waals surface area (Å²) in [5.74, 6) is 0.456. The molecule has 0 spiro atoms. The van der Waals surface area contributed by atoms with Crippen LogP contribution in [0.3, 0.4) is 0 Å². The Balaban J connectivity index is 1.20. The molecule has 2 saturated heterocycles. The van der Waals surface area contributed by atoms with Gasteiger partial charge in [-0.15, -0.1) is 11.8 Å². The van der Waals surface area contributed by atoms with Crippen molar-refractivity contribution in [2.75, 3.05) is 5.75 Å². The Hall–Kier alpha value is -4.64. The molecule has 2 aliphatic rings. The second-order valence-electron chi connectivity index (χ2n) is 11.2. The van der Waals surface area contributed by atoms with Gasteiger partial charge in [0.2, 0.25) is 5.91 Å². The first-order chi connectivity index (χ1) is 21.4. The second kappa shape index (κ2) is 12.5. The van der Waals surface area contributed by atoms with E-state index >= 15 is 0 Å². The van der Waals surface area contributed by atoms with Gasteiger partial charge in [-0.05, 0) is 30.5 Å². The van der Waals surface area contributed by atoms with Gasteiger partial charge in [0.1, 0.15) is 10.6 Å². The number of hydrogen-bond acceptors (Lipinski definition) is 6. The summed E-state index contributed by atoms with van der Waals surface area (Å²) in [5.41, 5.74) is 5.82. The zero-order valence-electron chi connectivity index (χ0n) is 24.3. The Morgan fingerprint density at radius 3 is 2.48 bits per heavy atom. The number of urea groups is 1. The lowest BCUT2D eigenvalue weighted by molar-refractivity contribution is -0.137. The number of nitrogens with zero attached hydrogens (tertiary/aromatic N) is 3. The fourth-order valence-electron chi connectivity index (χ4n) is 6.15. The summed E-state index contributed by atoms with van der Waals surface area (Å²) < 4.78 is 1.24. The van der Waals surface area contributed by atoms with Crippen molar-refractivity contribution >= 4 is 29.7 Å². The SMILES string of the molecule is Cn1c(-c2ccc(CNC(=O)[C@@]3(CCCCC(=O)O)SC[C@@H]4NC(=O)N[C@@H]43)cc2)nc(-c2ccccc2)c1-c1ccncc1. The summed E-state index contributed by atoms with van der Waals surface area (Å²) in [6.07, 6.45) is 5.16. The van der Waals surface area contributed by atoms with E-state index < -0.39 is 10.7 Å². The Labute approximate surface area is 259 Å². The fourth-order valence-corrected chi connectivity index (χ4v) is 7.80. The predicted molar refractivity (Wildman–Crippen MR) is 170 cm³/mol. The van der Waals surface area contributed by atoms with E-state index in [0.29, 0.717) is 31.6 Å². The molecule has 3 atom stereocenters. The second-order valence-corrected chi connectivity index (χ2v) is 12.5. The molecule has 44 heavy (non-hydrogen) atoms.